The van der Waals surface area contributed by atoms with E-state index in [0.717, 1.165) is 11.8 Å². The Morgan fingerprint density at radius 3 is 2.39 bits per heavy atom. The molecule has 2 aromatic rings. The molecule has 1 saturated heterocycles. The van der Waals surface area contributed by atoms with Gasteiger partial charge in [-0.05, 0) is 35.9 Å². The number of carbonyl (C=O) groups is 2. The fourth-order valence-corrected chi connectivity index (χ4v) is 4.37. The molecule has 0 spiro atoms. The maximum absolute atomic E-state index is 13.1. The fourth-order valence-electron chi connectivity index (χ4n) is 3.48. The summed E-state index contributed by atoms with van der Waals surface area (Å²) < 4.78 is 43.9. The molecular formula is C22H25BrFN3O5S. The highest BCUT2D eigenvalue weighted by Crippen LogP contribution is 2.24. The van der Waals surface area contributed by atoms with Gasteiger partial charge in [-0.2, -0.15) is 0 Å². The van der Waals surface area contributed by atoms with Crippen LogP contribution in [-0.2, 0) is 32.6 Å². The first-order chi connectivity index (χ1) is 15.6. The summed E-state index contributed by atoms with van der Waals surface area (Å²) in [5.41, 5.74) is 1.48. The van der Waals surface area contributed by atoms with Gasteiger partial charge < -0.3 is 9.64 Å². The fraction of sp³-hybridized carbons (Fsp3) is 0.364. The van der Waals surface area contributed by atoms with Gasteiger partial charge in [0.15, 0.2) is 6.61 Å². The van der Waals surface area contributed by atoms with E-state index in [1.54, 1.807) is 35.2 Å². The van der Waals surface area contributed by atoms with Crippen LogP contribution in [0.4, 0.5) is 4.39 Å². The largest absolute Gasteiger partial charge is 0.483 e. The van der Waals surface area contributed by atoms with Crippen molar-refractivity contribution in [1.82, 2.24) is 14.5 Å². The summed E-state index contributed by atoms with van der Waals surface area (Å²) in [4.78, 5) is 28.5. The lowest BCUT2D eigenvalue weighted by molar-refractivity contribution is -0.135. The Morgan fingerprint density at radius 2 is 1.76 bits per heavy atom. The van der Waals surface area contributed by atoms with Gasteiger partial charge in [-0.3, -0.25) is 19.2 Å². The van der Waals surface area contributed by atoms with E-state index in [-0.39, 0.29) is 24.8 Å². The molecule has 11 heteroatoms. The highest BCUT2D eigenvalue weighted by Gasteiger charge is 2.22. The predicted molar refractivity (Wildman–Crippen MR) is 125 cm³/mol. The van der Waals surface area contributed by atoms with Gasteiger partial charge in [-0.25, -0.2) is 12.8 Å². The summed E-state index contributed by atoms with van der Waals surface area (Å²) in [5.74, 6) is -0.792. The van der Waals surface area contributed by atoms with Crippen LogP contribution in [0.25, 0.3) is 0 Å². The third-order valence-corrected chi connectivity index (χ3v) is 6.16. The zero-order valence-corrected chi connectivity index (χ0v) is 20.5. The van der Waals surface area contributed by atoms with E-state index in [1.807, 2.05) is 4.72 Å². The van der Waals surface area contributed by atoms with Gasteiger partial charge in [0.2, 0.25) is 15.9 Å². The number of nitrogens with zero attached hydrogens (tertiary/aromatic N) is 2. The SMILES string of the molecule is CS(=O)(=O)NC(=O)Cc1cc(Br)ccc1OCC(=O)N1CCN(Cc2ccc(F)cc2)CC1. The number of nitrogens with one attached hydrogen (secondary N) is 1. The van der Waals surface area contributed by atoms with Gasteiger partial charge >= 0.3 is 0 Å². The average molecular weight is 542 g/mol. The van der Waals surface area contributed by atoms with Crippen molar-refractivity contribution in [2.24, 2.45) is 0 Å². The molecule has 0 unspecified atom stereocenters. The number of carbonyl (C=O) groups excluding carboxylic acids is 2. The molecule has 1 heterocycles. The molecule has 8 nitrogen and oxygen atoms in total. The highest BCUT2D eigenvalue weighted by atomic mass is 79.9. The summed E-state index contributed by atoms with van der Waals surface area (Å²) in [7, 11) is -3.67. The molecule has 2 aromatic carbocycles. The van der Waals surface area contributed by atoms with Crippen LogP contribution >= 0.6 is 15.9 Å². The van der Waals surface area contributed by atoms with E-state index in [4.69, 9.17) is 4.74 Å². The number of hydrogen-bond donors (Lipinski definition) is 1. The van der Waals surface area contributed by atoms with Crippen molar-refractivity contribution < 1.29 is 27.1 Å². The smallest absolute Gasteiger partial charge is 0.260 e. The Balaban J connectivity index is 1.51. The number of sulfonamides is 1. The molecule has 33 heavy (non-hydrogen) atoms. The average Bonchev–Trinajstić information content (AvgIpc) is 2.74. The van der Waals surface area contributed by atoms with Gasteiger partial charge in [-0.1, -0.05) is 28.1 Å². The zero-order chi connectivity index (χ0) is 24.0. The summed E-state index contributed by atoms with van der Waals surface area (Å²) in [5, 5.41) is 0. The first-order valence-corrected chi connectivity index (χ1v) is 12.9. The second-order valence-electron chi connectivity index (χ2n) is 7.80. The normalized spacial score (nSPS) is 14.7. The Kier molecular flexibility index (Phi) is 8.44. The Hall–Kier alpha value is -2.50. The summed E-state index contributed by atoms with van der Waals surface area (Å²) in [6, 6.07) is 11.4. The van der Waals surface area contributed by atoms with Gasteiger partial charge in [-0.15, -0.1) is 0 Å². The maximum atomic E-state index is 13.1. The minimum atomic E-state index is -3.67. The van der Waals surface area contributed by atoms with E-state index in [9.17, 15) is 22.4 Å². The Morgan fingerprint density at radius 1 is 1.09 bits per heavy atom. The molecule has 1 aliphatic heterocycles. The minimum Gasteiger partial charge on any atom is -0.483 e. The van der Waals surface area contributed by atoms with E-state index < -0.39 is 15.9 Å². The summed E-state index contributed by atoms with van der Waals surface area (Å²) in [6.45, 7) is 2.98. The van der Waals surface area contributed by atoms with Crippen molar-refractivity contribution in [2.45, 2.75) is 13.0 Å². The van der Waals surface area contributed by atoms with Crippen LogP contribution in [0, 0.1) is 5.82 Å². The van der Waals surface area contributed by atoms with Gasteiger partial charge in [0.1, 0.15) is 11.6 Å². The van der Waals surface area contributed by atoms with E-state index in [2.05, 4.69) is 20.8 Å². The molecule has 0 bridgehead atoms. The number of piperazine rings is 1. The number of ether oxygens (including phenoxy) is 1. The lowest BCUT2D eigenvalue weighted by Gasteiger charge is -2.34. The van der Waals surface area contributed by atoms with Gasteiger partial charge in [0, 0.05) is 42.8 Å². The van der Waals surface area contributed by atoms with Crippen molar-refractivity contribution in [1.29, 1.82) is 0 Å². The van der Waals surface area contributed by atoms with Crippen LogP contribution in [-0.4, -0.2) is 69.1 Å². The number of rotatable bonds is 8. The van der Waals surface area contributed by atoms with Crippen LogP contribution in [0.5, 0.6) is 5.75 Å². The van der Waals surface area contributed by atoms with Crippen molar-refractivity contribution in [2.75, 3.05) is 39.0 Å². The molecule has 3 rings (SSSR count). The summed E-state index contributed by atoms with van der Waals surface area (Å²) in [6.07, 6.45) is 0.694. The van der Waals surface area contributed by atoms with Crippen LogP contribution < -0.4 is 9.46 Å². The lowest BCUT2D eigenvalue weighted by Crippen LogP contribution is -2.49. The monoisotopic (exact) mass is 541 g/mol. The molecule has 2 amide bonds. The molecule has 1 fully saturated rings. The van der Waals surface area contributed by atoms with Gasteiger partial charge in [0.25, 0.3) is 5.91 Å². The summed E-state index contributed by atoms with van der Waals surface area (Å²) >= 11 is 3.32. The van der Waals surface area contributed by atoms with E-state index in [0.29, 0.717) is 48.5 Å². The second kappa shape index (κ2) is 11.1. The standard InChI is InChI=1S/C22H25BrFN3O5S/c1-33(30,31)25-21(28)13-17-12-18(23)4-7-20(17)32-15-22(29)27-10-8-26(9-11-27)14-16-2-5-19(24)6-3-16/h2-7,12H,8-11,13-15H2,1H3,(H,25,28). The first-order valence-electron chi connectivity index (χ1n) is 10.3. The van der Waals surface area contributed by atoms with E-state index >= 15 is 0 Å². The number of benzene rings is 2. The third-order valence-electron chi connectivity index (χ3n) is 5.07. The van der Waals surface area contributed by atoms with E-state index in [1.165, 1.54) is 12.1 Å². The molecule has 1 N–H and O–H groups in total. The molecule has 178 valence electrons. The van der Waals surface area contributed by atoms with Crippen LogP contribution in [0.2, 0.25) is 0 Å². The van der Waals surface area contributed by atoms with Crippen LogP contribution in [0.1, 0.15) is 11.1 Å². The predicted octanol–water partition coefficient (Wildman–Crippen LogP) is 1.93. The third kappa shape index (κ3) is 8.09. The van der Waals surface area contributed by atoms with Crippen molar-refractivity contribution in [3.05, 3.63) is 63.9 Å². The topological polar surface area (TPSA) is 96.0 Å². The minimum absolute atomic E-state index is 0.175. The molecule has 0 aliphatic carbocycles. The first kappa shape index (κ1) is 25.1. The number of amides is 2. The van der Waals surface area contributed by atoms with Crippen LogP contribution in [0.3, 0.4) is 0 Å². The molecule has 1 aliphatic rings. The molecular weight excluding hydrogens is 517 g/mol. The molecule has 0 aromatic heterocycles. The molecule has 0 radical (unpaired) electrons. The lowest BCUT2D eigenvalue weighted by atomic mass is 10.1. The molecule has 0 saturated carbocycles. The van der Waals surface area contributed by atoms with Crippen LogP contribution in [0.15, 0.2) is 46.9 Å². The maximum Gasteiger partial charge on any atom is 0.260 e. The zero-order valence-electron chi connectivity index (χ0n) is 18.1. The quantitative estimate of drug-likeness (QED) is 0.548. The number of hydrogen-bond acceptors (Lipinski definition) is 6. The Bertz CT molecular complexity index is 1100. The van der Waals surface area contributed by atoms with Gasteiger partial charge in [0.05, 0.1) is 12.7 Å². The van der Waals surface area contributed by atoms with Crippen molar-refractivity contribution in [3.8, 4) is 5.75 Å². The number of halogens is 2. The molecule has 0 atom stereocenters. The van der Waals surface area contributed by atoms with Crippen molar-refractivity contribution >= 4 is 37.8 Å². The highest BCUT2D eigenvalue weighted by molar-refractivity contribution is 9.10. The van der Waals surface area contributed by atoms with Crippen molar-refractivity contribution in [3.63, 3.8) is 0 Å². The Labute approximate surface area is 200 Å². The second-order valence-corrected chi connectivity index (χ2v) is 10.5.